The Balaban J connectivity index is 1.52. The maximum absolute atomic E-state index is 13.2. The zero-order valence-corrected chi connectivity index (χ0v) is 19.3. The summed E-state index contributed by atoms with van der Waals surface area (Å²) in [6, 6.07) is 5.40. The summed E-state index contributed by atoms with van der Waals surface area (Å²) >= 11 is 0. The van der Waals surface area contributed by atoms with Crippen molar-refractivity contribution in [3.63, 3.8) is 0 Å². The highest BCUT2D eigenvalue weighted by Crippen LogP contribution is 2.27. The average molecular weight is 485 g/mol. The van der Waals surface area contributed by atoms with Crippen molar-refractivity contribution in [2.24, 2.45) is 0 Å². The zero-order chi connectivity index (χ0) is 24.1. The number of hydrogen-bond donors (Lipinski definition) is 2. The minimum absolute atomic E-state index is 0.0731. The van der Waals surface area contributed by atoms with Crippen LogP contribution < -0.4 is 10.6 Å². The molecule has 0 radical (unpaired) electrons. The van der Waals surface area contributed by atoms with Crippen LogP contribution in [0.15, 0.2) is 41.8 Å². The summed E-state index contributed by atoms with van der Waals surface area (Å²) in [5.41, 5.74) is 0.314. The van der Waals surface area contributed by atoms with Crippen LogP contribution in [0.2, 0.25) is 0 Å². The summed E-state index contributed by atoms with van der Waals surface area (Å²) in [5, 5.41) is 5.48. The number of sulfonamides is 1. The number of nitrogens with zero attached hydrogens (tertiary/aromatic N) is 2. The normalized spacial score (nSPS) is 21.8. The Morgan fingerprint density at radius 1 is 1.15 bits per heavy atom. The van der Waals surface area contributed by atoms with Crippen molar-refractivity contribution < 1.29 is 26.8 Å². The van der Waals surface area contributed by atoms with E-state index in [0.717, 1.165) is 6.08 Å². The third-order valence-electron chi connectivity index (χ3n) is 5.97. The first-order valence-electron chi connectivity index (χ1n) is 11.0. The summed E-state index contributed by atoms with van der Waals surface area (Å²) in [4.78, 5) is 25.9. The molecule has 0 spiro atoms. The van der Waals surface area contributed by atoms with Gasteiger partial charge in [0, 0.05) is 63.7 Å². The number of carbonyl (C=O) groups excluding carboxylic acids is 2. The molecule has 1 aromatic carbocycles. The molecule has 182 valence electrons. The van der Waals surface area contributed by atoms with Crippen molar-refractivity contribution in [1.29, 1.82) is 0 Å². The lowest BCUT2D eigenvalue weighted by Gasteiger charge is -2.32. The van der Waals surface area contributed by atoms with Gasteiger partial charge in [-0.2, -0.15) is 4.31 Å². The number of rotatable bonds is 8. The fourth-order valence-electron chi connectivity index (χ4n) is 4.00. The molecule has 2 heterocycles. The molecule has 0 unspecified atom stereocenters. The molecule has 8 nitrogen and oxygen atoms in total. The fourth-order valence-corrected chi connectivity index (χ4v) is 5.52. The predicted octanol–water partition coefficient (Wildman–Crippen LogP) is 1.60. The molecule has 1 aromatic rings. The van der Waals surface area contributed by atoms with Gasteiger partial charge in [0.2, 0.25) is 15.9 Å². The highest BCUT2D eigenvalue weighted by molar-refractivity contribution is 7.89. The summed E-state index contributed by atoms with van der Waals surface area (Å²) in [6.07, 6.45) is 2.12. The Morgan fingerprint density at radius 3 is 2.45 bits per heavy atom. The summed E-state index contributed by atoms with van der Waals surface area (Å²) in [5.74, 6) is -3.30. The SMILES string of the molecule is C=CC(=O)N[C@H]1CCCN(S(=O)(=O)c2ccc(C(=O)NCCN3CCC(F)(F)CC3)cc2)C1. The predicted molar refractivity (Wildman–Crippen MR) is 120 cm³/mol. The number of nitrogens with one attached hydrogen (secondary N) is 2. The minimum Gasteiger partial charge on any atom is -0.351 e. The number of alkyl halides is 2. The standard InChI is InChI=1S/C22H30F2N4O4S/c1-2-20(29)26-18-4-3-12-28(16-18)33(31,32)19-7-5-17(6-8-19)21(30)25-11-15-27-13-9-22(23,24)10-14-27/h2,5-8,18H,1,3-4,9-16H2,(H,25,30)(H,26,29)/t18-/m0/s1. The second kappa shape index (κ2) is 10.7. The molecule has 1 atom stereocenters. The molecule has 3 rings (SSSR count). The number of hydrogen-bond acceptors (Lipinski definition) is 5. The number of carbonyl (C=O) groups is 2. The van der Waals surface area contributed by atoms with Crippen LogP contribution in [-0.2, 0) is 14.8 Å². The number of amides is 2. The second-order valence-corrected chi connectivity index (χ2v) is 10.3. The Kier molecular flexibility index (Phi) is 8.19. The quantitative estimate of drug-likeness (QED) is 0.547. The second-order valence-electron chi connectivity index (χ2n) is 8.39. The van der Waals surface area contributed by atoms with Gasteiger partial charge < -0.3 is 15.5 Å². The van der Waals surface area contributed by atoms with Crippen molar-refractivity contribution in [2.75, 3.05) is 39.3 Å². The molecule has 33 heavy (non-hydrogen) atoms. The fraction of sp³-hybridized carbons (Fsp3) is 0.545. The third-order valence-corrected chi connectivity index (χ3v) is 7.85. The van der Waals surface area contributed by atoms with Crippen molar-refractivity contribution in [3.8, 4) is 0 Å². The van der Waals surface area contributed by atoms with E-state index in [0.29, 0.717) is 51.1 Å². The highest BCUT2D eigenvalue weighted by atomic mass is 32.2. The molecule has 2 amide bonds. The van der Waals surface area contributed by atoms with E-state index < -0.39 is 15.9 Å². The van der Waals surface area contributed by atoms with E-state index in [-0.39, 0.29) is 42.1 Å². The minimum atomic E-state index is -3.76. The lowest BCUT2D eigenvalue weighted by Crippen LogP contribution is -2.49. The Labute approximate surface area is 193 Å². The first-order valence-corrected chi connectivity index (χ1v) is 12.5. The number of piperidine rings is 2. The van der Waals surface area contributed by atoms with Crippen LogP contribution in [0.3, 0.4) is 0 Å². The largest absolute Gasteiger partial charge is 0.351 e. The average Bonchev–Trinajstić information content (AvgIpc) is 2.80. The van der Waals surface area contributed by atoms with E-state index in [4.69, 9.17) is 0 Å². The summed E-state index contributed by atoms with van der Waals surface area (Å²) in [7, 11) is -3.76. The van der Waals surface area contributed by atoms with E-state index in [9.17, 15) is 26.8 Å². The van der Waals surface area contributed by atoms with Crippen LogP contribution in [0.25, 0.3) is 0 Å². The molecular weight excluding hydrogens is 454 g/mol. The van der Waals surface area contributed by atoms with Crippen molar-refractivity contribution >= 4 is 21.8 Å². The van der Waals surface area contributed by atoms with E-state index in [1.807, 2.05) is 4.90 Å². The number of benzene rings is 1. The molecule has 2 fully saturated rings. The van der Waals surface area contributed by atoms with E-state index in [1.54, 1.807) is 0 Å². The Hall–Kier alpha value is -2.37. The van der Waals surface area contributed by atoms with Crippen LogP contribution in [0.4, 0.5) is 8.78 Å². The summed E-state index contributed by atoms with van der Waals surface area (Å²) in [6.45, 7) is 5.32. The van der Waals surface area contributed by atoms with Crippen LogP contribution in [0.5, 0.6) is 0 Å². The van der Waals surface area contributed by atoms with Gasteiger partial charge in [0.25, 0.3) is 11.8 Å². The number of halogens is 2. The maximum Gasteiger partial charge on any atom is 0.251 e. The van der Waals surface area contributed by atoms with E-state index in [2.05, 4.69) is 17.2 Å². The maximum atomic E-state index is 13.2. The molecule has 0 bridgehead atoms. The van der Waals surface area contributed by atoms with Gasteiger partial charge in [0.1, 0.15) is 0 Å². The van der Waals surface area contributed by atoms with E-state index >= 15 is 0 Å². The van der Waals surface area contributed by atoms with Gasteiger partial charge in [-0.3, -0.25) is 9.59 Å². The van der Waals surface area contributed by atoms with Crippen molar-refractivity contribution in [1.82, 2.24) is 19.8 Å². The third kappa shape index (κ3) is 6.81. The Morgan fingerprint density at radius 2 is 1.82 bits per heavy atom. The Bertz CT molecular complexity index is 959. The van der Waals surface area contributed by atoms with Gasteiger partial charge in [0.15, 0.2) is 0 Å². The molecule has 2 N–H and O–H groups in total. The molecule has 11 heteroatoms. The van der Waals surface area contributed by atoms with Gasteiger partial charge in [-0.1, -0.05) is 6.58 Å². The van der Waals surface area contributed by atoms with Gasteiger partial charge in [-0.05, 0) is 43.2 Å². The first-order chi connectivity index (χ1) is 15.6. The topological polar surface area (TPSA) is 98.8 Å². The van der Waals surface area contributed by atoms with Gasteiger partial charge in [-0.15, -0.1) is 0 Å². The van der Waals surface area contributed by atoms with Crippen LogP contribution >= 0.6 is 0 Å². The molecule has 0 aliphatic carbocycles. The molecule has 0 aromatic heterocycles. The molecule has 2 aliphatic rings. The molecule has 0 saturated carbocycles. The van der Waals surface area contributed by atoms with Gasteiger partial charge in [0.05, 0.1) is 4.90 Å². The molecular formula is C22H30F2N4O4S. The zero-order valence-electron chi connectivity index (χ0n) is 18.4. The van der Waals surface area contributed by atoms with Crippen LogP contribution in [-0.4, -0.2) is 80.7 Å². The monoisotopic (exact) mass is 484 g/mol. The smallest absolute Gasteiger partial charge is 0.251 e. The highest BCUT2D eigenvalue weighted by Gasteiger charge is 2.34. The van der Waals surface area contributed by atoms with Gasteiger partial charge >= 0.3 is 0 Å². The summed E-state index contributed by atoms with van der Waals surface area (Å²) < 4.78 is 53.7. The van der Waals surface area contributed by atoms with Crippen LogP contribution in [0, 0.1) is 0 Å². The molecule has 2 aliphatic heterocycles. The lowest BCUT2D eigenvalue weighted by molar-refractivity contribution is -0.117. The van der Waals surface area contributed by atoms with Crippen molar-refractivity contribution in [2.45, 2.75) is 42.5 Å². The van der Waals surface area contributed by atoms with Gasteiger partial charge in [-0.25, -0.2) is 17.2 Å². The lowest BCUT2D eigenvalue weighted by atomic mass is 10.1. The van der Waals surface area contributed by atoms with Crippen LogP contribution in [0.1, 0.15) is 36.0 Å². The van der Waals surface area contributed by atoms with E-state index in [1.165, 1.54) is 28.6 Å². The first kappa shape index (κ1) is 25.3. The van der Waals surface area contributed by atoms with Crippen molar-refractivity contribution in [3.05, 3.63) is 42.5 Å². The molecule has 2 saturated heterocycles. The number of likely N-dealkylation sites (tertiary alicyclic amines) is 1.